The van der Waals surface area contributed by atoms with Gasteiger partial charge in [0.15, 0.2) is 17.5 Å². The van der Waals surface area contributed by atoms with Gasteiger partial charge in [0.1, 0.15) is 5.75 Å². The Bertz CT molecular complexity index is 841. The molecule has 0 unspecified atom stereocenters. The number of nitrogens with zero attached hydrogens (tertiary/aromatic N) is 1. The summed E-state index contributed by atoms with van der Waals surface area (Å²) in [5, 5.41) is 6.66. The Labute approximate surface area is 197 Å². The van der Waals surface area contributed by atoms with Crippen LogP contribution in [0.25, 0.3) is 0 Å². The van der Waals surface area contributed by atoms with Crippen molar-refractivity contribution in [3.05, 3.63) is 52.5 Å². The second kappa shape index (κ2) is 13.3. The maximum Gasteiger partial charge on any atom is 0.387 e. The Kier molecular flexibility index (Phi) is 11.6. The van der Waals surface area contributed by atoms with E-state index in [9.17, 15) is 8.78 Å². The lowest BCUT2D eigenvalue weighted by atomic mass is 10.2. The zero-order chi connectivity index (χ0) is 21.2. The van der Waals surface area contributed by atoms with Crippen LogP contribution in [-0.2, 0) is 13.1 Å². The third-order valence-electron chi connectivity index (χ3n) is 3.90. The summed E-state index contributed by atoms with van der Waals surface area (Å²) >= 11 is 6.29. The highest BCUT2D eigenvalue weighted by molar-refractivity contribution is 14.0. The first kappa shape index (κ1) is 26.0. The van der Waals surface area contributed by atoms with Crippen LogP contribution < -0.4 is 24.8 Å². The van der Waals surface area contributed by atoms with Crippen LogP contribution in [0.2, 0.25) is 5.02 Å². The minimum atomic E-state index is -2.88. The molecule has 2 aromatic carbocycles. The molecule has 0 saturated carbocycles. The van der Waals surface area contributed by atoms with Gasteiger partial charge in [-0.05, 0) is 30.7 Å². The van der Waals surface area contributed by atoms with Crippen LogP contribution in [0, 0.1) is 0 Å². The van der Waals surface area contributed by atoms with Crippen molar-refractivity contribution < 1.29 is 23.0 Å². The van der Waals surface area contributed by atoms with Crippen LogP contribution in [0.3, 0.4) is 0 Å². The van der Waals surface area contributed by atoms with E-state index in [1.54, 1.807) is 38.4 Å². The fourth-order valence-electron chi connectivity index (χ4n) is 2.61. The predicted octanol–water partition coefficient (Wildman–Crippen LogP) is 4.83. The number of rotatable bonds is 9. The van der Waals surface area contributed by atoms with E-state index in [1.807, 2.05) is 13.0 Å². The van der Waals surface area contributed by atoms with Crippen LogP contribution in [-0.4, -0.2) is 33.3 Å². The molecule has 0 amide bonds. The monoisotopic (exact) mass is 555 g/mol. The van der Waals surface area contributed by atoms with E-state index in [0.29, 0.717) is 41.2 Å². The molecule has 2 N–H and O–H groups in total. The molecular weight excluding hydrogens is 531 g/mol. The molecule has 0 heterocycles. The summed E-state index contributed by atoms with van der Waals surface area (Å²) in [6.07, 6.45) is 0. The molecule has 0 aromatic heterocycles. The second-order valence-electron chi connectivity index (χ2n) is 5.81. The normalized spacial score (nSPS) is 11.0. The summed E-state index contributed by atoms with van der Waals surface area (Å²) in [6, 6.07) is 10.2. The van der Waals surface area contributed by atoms with E-state index >= 15 is 0 Å². The molecule has 0 spiro atoms. The molecule has 166 valence electrons. The van der Waals surface area contributed by atoms with Crippen LogP contribution >= 0.6 is 35.6 Å². The van der Waals surface area contributed by atoms with Gasteiger partial charge in [-0.1, -0.05) is 29.8 Å². The summed E-state index contributed by atoms with van der Waals surface area (Å²) in [6.45, 7) is 0.132. The van der Waals surface area contributed by atoms with Gasteiger partial charge in [-0.3, -0.25) is 4.99 Å². The van der Waals surface area contributed by atoms with Crippen molar-refractivity contribution in [1.82, 2.24) is 10.6 Å². The highest BCUT2D eigenvalue weighted by atomic mass is 127. The van der Waals surface area contributed by atoms with Crippen molar-refractivity contribution in [2.45, 2.75) is 26.6 Å². The average Bonchev–Trinajstić information content (AvgIpc) is 2.70. The quantitative estimate of drug-likeness (QED) is 0.264. The zero-order valence-corrected chi connectivity index (χ0v) is 20.0. The number of hydrogen-bond acceptors (Lipinski definition) is 4. The Hall–Kier alpha value is -2.01. The Balaban J connectivity index is 0.00000450. The van der Waals surface area contributed by atoms with E-state index in [-0.39, 0.29) is 36.3 Å². The Morgan fingerprint density at radius 3 is 2.47 bits per heavy atom. The standard InChI is InChI=1S/C20H24ClF2N3O3.HI/c1-4-28-18-15(21)9-13(10-17(18)27-3)11-25-20(24-2)26-12-14-7-5-6-8-16(14)29-19(22)23;/h5-10,19H,4,11-12H2,1-3H3,(H2,24,25,26);1H. The molecular formula is C20H25ClF2IN3O3. The number of alkyl halides is 2. The molecule has 0 aliphatic heterocycles. The molecule has 6 nitrogen and oxygen atoms in total. The van der Waals surface area contributed by atoms with Crippen molar-refractivity contribution in [2.24, 2.45) is 4.99 Å². The van der Waals surface area contributed by atoms with Gasteiger partial charge in [0.2, 0.25) is 0 Å². The third-order valence-corrected chi connectivity index (χ3v) is 4.18. The molecule has 30 heavy (non-hydrogen) atoms. The molecule has 0 radical (unpaired) electrons. The van der Waals surface area contributed by atoms with Gasteiger partial charge >= 0.3 is 6.61 Å². The first-order valence-electron chi connectivity index (χ1n) is 8.94. The average molecular weight is 556 g/mol. The molecule has 0 saturated heterocycles. The van der Waals surface area contributed by atoms with Gasteiger partial charge in [0, 0.05) is 25.7 Å². The Morgan fingerprint density at radius 1 is 1.13 bits per heavy atom. The lowest BCUT2D eigenvalue weighted by Crippen LogP contribution is -2.36. The first-order valence-corrected chi connectivity index (χ1v) is 9.32. The third kappa shape index (κ3) is 7.67. The first-order chi connectivity index (χ1) is 14.0. The maximum atomic E-state index is 12.5. The molecule has 10 heteroatoms. The van der Waals surface area contributed by atoms with E-state index in [1.165, 1.54) is 6.07 Å². The van der Waals surface area contributed by atoms with Gasteiger partial charge in [0.05, 0.1) is 18.7 Å². The topological polar surface area (TPSA) is 64.1 Å². The summed E-state index contributed by atoms with van der Waals surface area (Å²) in [4.78, 5) is 4.14. The fraction of sp³-hybridized carbons (Fsp3) is 0.350. The molecule has 2 aromatic rings. The number of benzene rings is 2. The maximum absolute atomic E-state index is 12.5. The van der Waals surface area contributed by atoms with Crippen LogP contribution in [0.15, 0.2) is 41.4 Å². The Morgan fingerprint density at radius 2 is 1.83 bits per heavy atom. The number of hydrogen-bond donors (Lipinski definition) is 2. The smallest absolute Gasteiger partial charge is 0.387 e. The fourth-order valence-corrected chi connectivity index (χ4v) is 2.89. The van der Waals surface area contributed by atoms with Crippen molar-refractivity contribution >= 4 is 41.5 Å². The molecule has 0 aliphatic rings. The van der Waals surface area contributed by atoms with E-state index in [0.717, 1.165) is 5.56 Å². The number of guanidine groups is 1. The highest BCUT2D eigenvalue weighted by Crippen LogP contribution is 2.36. The SMILES string of the molecule is CCOc1c(Cl)cc(CNC(=NC)NCc2ccccc2OC(F)F)cc1OC.I. The number of methoxy groups -OCH3 is 1. The lowest BCUT2D eigenvalue weighted by molar-refractivity contribution is -0.0504. The van der Waals surface area contributed by atoms with Gasteiger partial charge < -0.3 is 24.8 Å². The number of aliphatic imine (C=N–C) groups is 1. The van der Waals surface area contributed by atoms with E-state index in [4.69, 9.17) is 21.1 Å². The van der Waals surface area contributed by atoms with Crippen LogP contribution in [0.4, 0.5) is 8.78 Å². The van der Waals surface area contributed by atoms with Crippen LogP contribution in [0.1, 0.15) is 18.1 Å². The second-order valence-corrected chi connectivity index (χ2v) is 6.21. The number of para-hydroxylation sites is 1. The summed E-state index contributed by atoms with van der Waals surface area (Å²) in [5.41, 5.74) is 1.45. The molecule has 0 fully saturated rings. The molecule has 0 bridgehead atoms. The van der Waals surface area contributed by atoms with Crippen molar-refractivity contribution in [2.75, 3.05) is 20.8 Å². The van der Waals surface area contributed by atoms with Gasteiger partial charge in [-0.15, -0.1) is 24.0 Å². The van der Waals surface area contributed by atoms with Gasteiger partial charge in [-0.25, -0.2) is 0 Å². The number of halogens is 4. The minimum absolute atomic E-state index is 0. The number of nitrogens with one attached hydrogen (secondary N) is 2. The summed E-state index contributed by atoms with van der Waals surface area (Å²) in [7, 11) is 3.16. The molecule has 0 aliphatic carbocycles. The molecule has 0 atom stereocenters. The molecule has 2 rings (SSSR count). The summed E-state index contributed by atoms with van der Waals surface area (Å²) in [5.74, 6) is 1.64. The van der Waals surface area contributed by atoms with E-state index < -0.39 is 6.61 Å². The van der Waals surface area contributed by atoms with Crippen molar-refractivity contribution in [3.63, 3.8) is 0 Å². The largest absolute Gasteiger partial charge is 0.493 e. The minimum Gasteiger partial charge on any atom is -0.493 e. The van der Waals surface area contributed by atoms with Crippen molar-refractivity contribution in [3.8, 4) is 17.2 Å². The van der Waals surface area contributed by atoms with E-state index in [2.05, 4.69) is 20.4 Å². The van der Waals surface area contributed by atoms with Crippen molar-refractivity contribution in [1.29, 1.82) is 0 Å². The van der Waals surface area contributed by atoms with Crippen LogP contribution in [0.5, 0.6) is 17.2 Å². The highest BCUT2D eigenvalue weighted by Gasteiger charge is 2.13. The van der Waals surface area contributed by atoms with Gasteiger partial charge in [-0.2, -0.15) is 8.78 Å². The zero-order valence-electron chi connectivity index (χ0n) is 16.9. The summed E-state index contributed by atoms with van der Waals surface area (Å²) < 4.78 is 40.5. The lowest BCUT2D eigenvalue weighted by Gasteiger charge is -2.16. The van der Waals surface area contributed by atoms with Gasteiger partial charge in [0.25, 0.3) is 0 Å². The number of ether oxygens (including phenoxy) is 3. The predicted molar refractivity (Wildman–Crippen MR) is 125 cm³/mol.